The van der Waals surface area contributed by atoms with Crippen molar-refractivity contribution in [3.8, 4) is 0 Å². The summed E-state index contributed by atoms with van der Waals surface area (Å²) in [5, 5.41) is 1.59. The third-order valence-electron chi connectivity index (χ3n) is 1.99. The van der Waals surface area contributed by atoms with Crippen LogP contribution in [0.25, 0.3) is 0 Å². The van der Waals surface area contributed by atoms with Crippen LogP contribution in [0.3, 0.4) is 0 Å². The van der Waals surface area contributed by atoms with Crippen molar-refractivity contribution in [3.05, 3.63) is 35.5 Å². The molecule has 0 radical (unpaired) electrons. The van der Waals surface area contributed by atoms with Crippen LogP contribution < -0.4 is 10.5 Å². The third kappa shape index (κ3) is 2.75. The number of aryl methyl sites for hydroxylation is 1. The first-order valence-corrected chi connectivity index (χ1v) is 7.12. The summed E-state index contributed by atoms with van der Waals surface area (Å²) in [5.41, 5.74) is 7.27. The highest BCUT2D eigenvalue weighted by Crippen LogP contribution is 2.24. The molecule has 0 aliphatic heterocycles. The van der Waals surface area contributed by atoms with Gasteiger partial charge in [0.2, 0.25) is 0 Å². The van der Waals surface area contributed by atoms with Crippen molar-refractivity contribution >= 4 is 32.7 Å². The number of hydrogen-bond acceptors (Lipinski definition) is 5. The number of nitrogens with zero attached hydrogens (tertiary/aromatic N) is 1. The van der Waals surface area contributed by atoms with Gasteiger partial charge in [0.25, 0.3) is 10.0 Å². The van der Waals surface area contributed by atoms with Crippen molar-refractivity contribution in [2.75, 3.05) is 10.5 Å². The summed E-state index contributed by atoms with van der Waals surface area (Å²) >= 11 is 1.08. The van der Waals surface area contributed by atoms with Crippen LogP contribution in [0.4, 0.5) is 11.4 Å². The van der Waals surface area contributed by atoms with E-state index in [1.54, 1.807) is 17.6 Å². The number of nitrogen functional groups attached to an aromatic ring is 1. The Bertz CT molecular complexity index is 635. The number of hydrogen-bond donors (Lipinski definition) is 2. The van der Waals surface area contributed by atoms with E-state index in [1.807, 2.05) is 6.92 Å². The average molecular weight is 269 g/mol. The lowest BCUT2D eigenvalue weighted by molar-refractivity contribution is 0.603. The minimum atomic E-state index is -3.56. The fraction of sp³-hybridized carbons (Fsp3) is 0.100. The van der Waals surface area contributed by atoms with Crippen molar-refractivity contribution in [3.63, 3.8) is 0 Å². The molecule has 0 aliphatic rings. The van der Waals surface area contributed by atoms with Crippen molar-refractivity contribution in [1.29, 1.82) is 0 Å². The lowest BCUT2D eigenvalue weighted by atomic mass is 10.3. The molecule has 0 spiro atoms. The molecule has 0 saturated heterocycles. The van der Waals surface area contributed by atoms with Gasteiger partial charge in [0.1, 0.15) is 4.21 Å². The van der Waals surface area contributed by atoms with Gasteiger partial charge in [0.15, 0.2) is 0 Å². The first-order chi connectivity index (χ1) is 7.97. The molecule has 2 heterocycles. The van der Waals surface area contributed by atoms with Gasteiger partial charge >= 0.3 is 0 Å². The smallest absolute Gasteiger partial charge is 0.271 e. The standard InChI is InChI=1S/C10H11N3O2S2/c1-7-2-9(5-12-4-7)13-17(14,15)10-3-8(11)6-16-10/h2-6,13H,11H2,1H3. The highest BCUT2D eigenvalue weighted by molar-refractivity contribution is 7.94. The number of thiophene rings is 1. The van der Waals surface area contributed by atoms with E-state index in [2.05, 4.69) is 9.71 Å². The molecule has 5 nitrogen and oxygen atoms in total. The van der Waals surface area contributed by atoms with Crippen LogP contribution in [-0.4, -0.2) is 13.4 Å². The van der Waals surface area contributed by atoms with Gasteiger partial charge in [0.05, 0.1) is 11.9 Å². The summed E-state index contributed by atoms with van der Waals surface area (Å²) in [4.78, 5) is 3.92. The fourth-order valence-corrected chi connectivity index (χ4v) is 3.40. The summed E-state index contributed by atoms with van der Waals surface area (Å²) in [6.07, 6.45) is 3.11. The van der Waals surface area contributed by atoms with E-state index in [-0.39, 0.29) is 4.21 Å². The molecular weight excluding hydrogens is 258 g/mol. The maximum Gasteiger partial charge on any atom is 0.271 e. The fourth-order valence-electron chi connectivity index (χ4n) is 1.29. The van der Waals surface area contributed by atoms with Crippen molar-refractivity contribution < 1.29 is 8.42 Å². The van der Waals surface area contributed by atoms with E-state index in [0.717, 1.165) is 16.9 Å². The highest BCUT2D eigenvalue weighted by atomic mass is 32.2. The number of rotatable bonds is 3. The Morgan fingerprint density at radius 1 is 1.35 bits per heavy atom. The summed E-state index contributed by atoms with van der Waals surface area (Å²) < 4.78 is 26.5. The minimum Gasteiger partial charge on any atom is -0.398 e. The molecule has 2 aromatic heterocycles. The number of nitrogens with one attached hydrogen (secondary N) is 1. The summed E-state index contributed by atoms with van der Waals surface area (Å²) in [5.74, 6) is 0. The van der Waals surface area contributed by atoms with Gasteiger partial charge in [-0.3, -0.25) is 9.71 Å². The largest absolute Gasteiger partial charge is 0.398 e. The minimum absolute atomic E-state index is 0.191. The van der Waals surface area contributed by atoms with Crippen LogP contribution in [0.2, 0.25) is 0 Å². The lowest BCUT2D eigenvalue weighted by Gasteiger charge is -2.05. The van der Waals surface area contributed by atoms with Gasteiger partial charge in [-0.25, -0.2) is 8.42 Å². The Hall–Kier alpha value is -1.60. The molecule has 0 atom stereocenters. The zero-order valence-corrected chi connectivity index (χ0v) is 10.7. The number of aromatic nitrogens is 1. The molecular formula is C10H11N3O2S2. The summed E-state index contributed by atoms with van der Waals surface area (Å²) in [6, 6.07) is 3.14. The number of nitrogens with two attached hydrogens (primary N) is 1. The van der Waals surface area contributed by atoms with Crippen LogP contribution in [0.1, 0.15) is 5.56 Å². The predicted octanol–water partition coefficient (Wildman–Crippen LogP) is 1.83. The number of anilines is 2. The zero-order chi connectivity index (χ0) is 12.5. The molecule has 0 saturated carbocycles. The summed E-state index contributed by atoms with van der Waals surface area (Å²) in [6.45, 7) is 1.84. The second-order valence-electron chi connectivity index (χ2n) is 3.56. The first kappa shape index (κ1) is 11.9. The Morgan fingerprint density at radius 2 is 2.12 bits per heavy atom. The average Bonchev–Trinajstić information content (AvgIpc) is 2.65. The van der Waals surface area contributed by atoms with Gasteiger partial charge in [-0.15, -0.1) is 11.3 Å². The van der Waals surface area contributed by atoms with Crippen molar-refractivity contribution in [2.45, 2.75) is 11.1 Å². The molecule has 0 bridgehead atoms. The molecule has 7 heteroatoms. The monoisotopic (exact) mass is 269 g/mol. The molecule has 0 aliphatic carbocycles. The molecule has 0 fully saturated rings. The third-order valence-corrected chi connectivity index (χ3v) is 4.83. The quantitative estimate of drug-likeness (QED) is 0.890. The molecule has 2 aromatic rings. The molecule has 0 unspecified atom stereocenters. The number of pyridine rings is 1. The SMILES string of the molecule is Cc1cncc(NS(=O)(=O)c2cc(N)cs2)c1. The molecule has 2 rings (SSSR count). The van der Waals surface area contributed by atoms with Gasteiger partial charge < -0.3 is 5.73 Å². The zero-order valence-electron chi connectivity index (χ0n) is 9.04. The molecule has 0 amide bonds. The molecule has 90 valence electrons. The lowest BCUT2D eigenvalue weighted by Crippen LogP contribution is -2.11. The highest BCUT2D eigenvalue weighted by Gasteiger charge is 2.16. The molecule has 17 heavy (non-hydrogen) atoms. The Morgan fingerprint density at radius 3 is 2.71 bits per heavy atom. The van der Waals surface area contributed by atoms with Crippen LogP contribution in [0.5, 0.6) is 0 Å². The van der Waals surface area contributed by atoms with Crippen molar-refractivity contribution in [2.24, 2.45) is 0 Å². The Labute approximate surface area is 103 Å². The second kappa shape index (κ2) is 4.34. The van der Waals surface area contributed by atoms with E-state index < -0.39 is 10.0 Å². The van der Waals surface area contributed by atoms with Crippen LogP contribution >= 0.6 is 11.3 Å². The maximum absolute atomic E-state index is 11.9. The van der Waals surface area contributed by atoms with E-state index in [4.69, 9.17) is 5.73 Å². The molecule has 3 N–H and O–H groups in total. The van der Waals surface area contributed by atoms with Crippen LogP contribution in [0, 0.1) is 6.92 Å². The Balaban J connectivity index is 2.29. The first-order valence-electron chi connectivity index (χ1n) is 4.76. The van der Waals surface area contributed by atoms with Gasteiger partial charge in [-0.2, -0.15) is 0 Å². The molecule has 0 aromatic carbocycles. The van der Waals surface area contributed by atoms with Gasteiger partial charge in [-0.05, 0) is 24.6 Å². The maximum atomic E-state index is 11.9. The topological polar surface area (TPSA) is 85.1 Å². The van der Waals surface area contributed by atoms with E-state index in [1.165, 1.54) is 12.3 Å². The van der Waals surface area contributed by atoms with E-state index >= 15 is 0 Å². The van der Waals surface area contributed by atoms with E-state index in [9.17, 15) is 8.42 Å². The predicted molar refractivity (Wildman–Crippen MR) is 68.5 cm³/mol. The van der Waals surface area contributed by atoms with Crippen molar-refractivity contribution in [1.82, 2.24) is 4.98 Å². The van der Waals surface area contributed by atoms with Gasteiger partial charge in [-0.1, -0.05) is 0 Å². The van der Waals surface area contributed by atoms with E-state index in [0.29, 0.717) is 11.4 Å². The normalized spacial score (nSPS) is 11.4. The van der Waals surface area contributed by atoms with Crippen LogP contribution in [0.15, 0.2) is 34.1 Å². The van der Waals surface area contributed by atoms with Crippen LogP contribution in [-0.2, 0) is 10.0 Å². The van der Waals surface area contributed by atoms with Gasteiger partial charge in [0, 0.05) is 17.3 Å². The summed E-state index contributed by atoms with van der Waals surface area (Å²) in [7, 11) is -3.56. The number of sulfonamides is 1. The Kier molecular flexibility index (Phi) is 3.03. The second-order valence-corrected chi connectivity index (χ2v) is 6.38.